The lowest BCUT2D eigenvalue weighted by Crippen LogP contribution is -2.48. The maximum absolute atomic E-state index is 12.0. The smallest absolute Gasteiger partial charge is 0.222 e. The molecule has 3 rings (SSSR count). The van der Waals surface area contributed by atoms with Crippen LogP contribution in [0.2, 0.25) is 0 Å². The molecule has 1 saturated heterocycles. The summed E-state index contributed by atoms with van der Waals surface area (Å²) in [5, 5.41) is 6.21. The Kier molecular flexibility index (Phi) is 3.80. The number of hydrogen-bond donors (Lipinski definition) is 2. The van der Waals surface area contributed by atoms with Crippen LogP contribution < -0.4 is 10.6 Å². The molecule has 0 spiro atoms. The van der Waals surface area contributed by atoms with Crippen LogP contribution in [0.1, 0.15) is 23.7 Å². The average molecular weight is 260 g/mol. The molecule has 102 valence electrons. The third-order valence-corrected chi connectivity index (χ3v) is 3.92. The van der Waals surface area contributed by atoms with Gasteiger partial charge in [0, 0.05) is 25.6 Å². The van der Waals surface area contributed by atoms with E-state index in [1.54, 1.807) is 0 Å². The summed E-state index contributed by atoms with van der Waals surface area (Å²) in [5.41, 5.74) is 2.49. The zero-order chi connectivity index (χ0) is 13.1. The van der Waals surface area contributed by atoms with Gasteiger partial charge in [-0.25, -0.2) is 0 Å². The summed E-state index contributed by atoms with van der Waals surface area (Å²) in [7, 11) is 0. The van der Waals surface area contributed by atoms with E-state index in [9.17, 15) is 4.79 Å². The van der Waals surface area contributed by atoms with Gasteiger partial charge in [0.15, 0.2) is 0 Å². The Morgan fingerprint density at radius 2 is 2.21 bits per heavy atom. The molecule has 1 amide bonds. The zero-order valence-electron chi connectivity index (χ0n) is 11.0. The van der Waals surface area contributed by atoms with Crippen LogP contribution in [-0.4, -0.2) is 32.1 Å². The number of hydrogen-bond acceptors (Lipinski definition) is 3. The van der Waals surface area contributed by atoms with Crippen LogP contribution in [0.3, 0.4) is 0 Å². The van der Waals surface area contributed by atoms with Crippen molar-refractivity contribution in [2.75, 3.05) is 26.2 Å². The first-order chi connectivity index (χ1) is 9.33. The average Bonchev–Trinajstić information content (AvgIpc) is 2.37. The molecule has 0 bridgehead atoms. The topological polar surface area (TPSA) is 50.4 Å². The fraction of sp³-hybridized carbons (Fsp3) is 0.533. The molecule has 1 aromatic rings. The first kappa shape index (κ1) is 12.6. The Morgan fingerprint density at radius 1 is 1.37 bits per heavy atom. The summed E-state index contributed by atoms with van der Waals surface area (Å²) < 4.78 is 5.75. The number of benzene rings is 1. The highest BCUT2D eigenvalue weighted by molar-refractivity contribution is 5.76. The molecule has 0 radical (unpaired) electrons. The molecule has 2 N–H and O–H groups in total. The molecule has 1 fully saturated rings. The minimum Gasteiger partial charge on any atom is -0.373 e. The van der Waals surface area contributed by atoms with E-state index in [4.69, 9.17) is 4.74 Å². The number of fused-ring (bicyclic) bond motifs is 1. The predicted octanol–water partition coefficient (Wildman–Crippen LogP) is 1.03. The van der Waals surface area contributed by atoms with Crippen LogP contribution in [0.4, 0.5) is 0 Å². The van der Waals surface area contributed by atoms with Crippen LogP contribution >= 0.6 is 0 Å². The molecule has 1 atom stereocenters. The molecule has 0 aromatic heterocycles. The van der Waals surface area contributed by atoms with Gasteiger partial charge in [-0.05, 0) is 17.5 Å². The van der Waals surface area contributed by atoms with E-state index in [1.165, 1.54) is 11.1 Å². The van der Waals surface area contributed by atoms with Crippen molar-refractivity contribution in [1.82, 2.24) is 10.6 Å². The van der Waals surface area contributed by atoms with Gasteiger partial charge < -0.3 is 15.4 Å². The van der Waals surface area contributed by atoms with E-state index in [1.807, 2.05) is 12.1 Å². The molecule has 4 heteroatoms. The van der Waals surface area contributed by atoms with Crippen molar-refractivity contribution in [2.45, 2.75) is 18.9 Å². The van der Waals surface area contributed by atoms with Crippen LogP contribution in [-0.2, 0) is 16.0 Å². The van der Waals surface area contributed by atoms with Crippen LogP contribution in [0.25, 0.3) is 0 Å². The third kappa shape index (κ3) is 2.96. The Balaban J connectivity index is 1.56. The molecular weight excluding hydrogens is 240 g/mol. The third-order valence-electron chi connectivity index (χ3n) is 3.92. The number of amides is 1. The Bertz CT molecular complexity index is 457. The number of rotatable bonds is 4. The molecule has 0 aliphatic carbocycles. The number of carbonyl (C=O) groups is 1. The molecular formula is C15H20N2O2. The summed E-state index contributed by atoms with van der Waals surface area (Å²) in [6.07, 6.45) is 1.30. The number of nitrogens with one attached hydrogen (secondary N) is 2. The first-order valence-corrected chi connectivity index (χ1v) is 7.00. The Hall–Kier alpha value is -1.39. The minimum absolute atomic E-state index is 0.0792. The molecule has 1 aromatic carbocycles. The van der Waals surface area contributed by atoms with Crippen molar-refractivity contribution in [3.05, 3.63) is 35.4 Å². The largest absolute Gasteiger partial charge is 0.373 e. The molecule has 2 aliphatic heterocycles. The molecule has 4 nitrogen and oxygen atoms in total. The van der Waals surface area contributed by atoms with Gasteiger partial charge >= 0.3 is 0 Å². The molecule has 2 heterocycles. The molecule has 19 heavy (non-hydrogen) atoms. The zero-order valence-corrected chi connectivity index (χ0v) is 11.0. The second kappa shape index (κ2) is 5.72. The van der Waals surface area contributed by atoms with Crippen molar-refractivity contribution in [2.24, 2.45) is 5.92 Å². The summed E-state index contributed by atoms with van der Waals surface area (Å²) in [6, 6.07) is 8.26. The van der Waals surface area contributed by atoms with Gasteiger partial charge in [-0.2, -0.15) is 0 Å². The summed E-state index contributed by atoms with van der Waals surface area (Å²) in [5.74, 6) is 0.692. The lowest BCUT2D eigenvalue weighted by Gasteiger charge is -2.28. The van der Waals surface area contributed by atoms with Gasteiger partial charge in [-0.15, -0.1) is 0 Å². The lowest BCUT2D eigenvalue weighted by atomic mass is 9.95. The fourth-order valence-corrected chi connectivity index (χ4v) is 2.64. The molecule has 2 aliphatic rings. The van der Waals surface area contributed by atoms with Crippen molar-refractivity contribution in [3.63, 3.8) is 0 Å². The Morgan fingerprint density at radius 3 is 3.00 bits per heavy atom. The summed E-state index contributed by atoms with van der Waals surface area (Å²) >= 11 is 0. The van der Waals surface area contributed by atoms with Gasteiger partial charge in [0.2, 0.25) is 5.91 Å². The van der Waals surface area contributed by atoms with E-state index in [2.05, 4.69) is 22.8 Å². The van der Waals surface area contributed by atoms with Crippen molar-refractivity contribution in [3.8, 4) is 0 Å². The SMILES string of the molecule is O=C(CC1OCCc2ccccc21)NCC1CNC1. The molecule has 1 unspecified atom stereocenters. The van der Waals surface area contributed by atoms with E-state index in [0.717, 1.165) is 26.1 Å². The second-order valence-corrected chi connectivity index (χ2v) is 5.34. The van der Waals surface area contributed by atoms with E-state index in [-0.39, 0.29) is 12.0 Å². The lowest BCUT2D eigenvalue weighted by molar-refractivity contribution is -0.124. The van der Waals surface area contributed by atoms with Crippen LogP contribution in [0, 0.1) is 5.92 Å². The quantitative estimate of drug-likeness (QED) is 0.850. The van der Waals surface area contributed by atoms with Gasteiger partial charge in [0.1, 0.15) is 0 Å². The second-order valence-electron chi connectivity index (χ2n) is 5.34. The standard InChI is InChI=1S/C15H20N2O2/c18-15(17-10-11-8-16-9-11)7-14-13-4-2-1-3-12(13)5-6-19-14/h1-4,11,14,16H,5-10H2,(H,17,18). The highest BCUT2D eigenvalue weighted by Crippen LogP contribution is 2.29. The molecule has 0 saturated carbocycles. The first-order valence-electron chi connectivity index (χ1n) is 7.00. The van der Waals surface area contributed by atoms with Crippen LogP contribution in [0.5, 0.6) is 0 Å². The Labute approximate surface area is 113 Å². The minimum atomic E-state index is -0.0792. The van der Waals surface area contributed by atoms with Gasteiger partial charge in [0.25, 0.3) is 0 Å². The van der Waals surface area contributed by atoms with Crippen LogP contribution in [0.15, 0.2) is 24.3 Å². The van der Waals surface area contributed by atoms with E-state index in [0.29, 0.717) is 18.9 Å². The highest BCUT2D eigenvalue weighted by atomic mass is 16.5. The van der Waals surface area contributed by atoms with Crippen molar-refractivity contribution < 1.29 is 9.53 Å². The predicted molar refractivity (Wildman–Crippen MR) is 72.8 cm³/mol. The van der Waals surface area contributed by atoms with E-state index >= 15 is 0 Å². The van der Waals surface area contributed by atoms with Gasteiger partial charge in [-0.3, -0.25) is 4.79 Å². The normalized spacial score (nSPS) is 22.4. The van der Waals surface area contributed by atoms with Crippen molar-refractivity contribution in [1.29, 1.82) is 0 Å². The van der Waals surface area contributed by atoms with Crippen molar-refractivity contribution >= 4 is 5.91 Å². The number of ether oxygens (including phenoxy) is 1. The van der Waals surface area contributed by atoms with E-state index < -0.39 is 0 Å². The monoisotopic (exact) mass is 260 g/mol. The number of carbonyl (C=O) groups excluding carboxylic acids is 1. The van der Waals surface area contributed by atoms with Gasteiger partial charge in [-0.1, -0.05) is 24.3 Å². The fourth-order valence-electron chi connectivity index (χ4n) is 2.64. The maximum atomic E-state index is 12.0. The summed E-state index contributed by atoms with van der Waals surface area (Å²) in [4.78, 5) is 12.0. The van der Waals surface area contributed by atoms with Gasteiger partial charge in [0.05, 0.1) is 19.1 Å². The highest BCUT2D eigenvalue weighted by Gasteiger charge is 2.24. The maximum Gasteiger partial charge on any atom is 0.222 e. The summed E-state index contributed by atoms with van der Waals surface area (Å²) in [6.45, 7) is 3.52.